The molecule has 0 aliphatic rings. The van der Waals surface area contributed by atoms with Gasteiger partial charge in [-0.25, -0.2) is 9.59 Å². The van der Waals surface area contributed by atoms with Crippen LogP contribution in [0.2, 0.25) is 19.6 Å². The molecule has 0 saturated carbocycles. The predicted octanol–water partition coefficient (Wildman–Crippen LogP) is 4.21. The average molecular weight is 449 g/mol. The first-order valence-electron chi connectivity index (χ1n) is 9.85. The van der Waals surface area contributed by atoms with Gasteiger partial charge >= 0.3 is 20.5 Å². The molecule has 0 radical (unpaired) electrons. The van der Waals surface area contributed by atoms with Gasteiger partial charge in [0.15, 0.2) is 0 Å². The minimum atomic E-state index is -3.25. The number of carbonyl (C=O) groups is 2. The second-order valence-corrected chi connectivity index (χ2v) is 15.6. The summed E-state index contributed by atoms with van der Waals surface area (Å²) in [4.78, 5) is 24.7. The van der Waals surface area contributed by atoms with Crippen molar-refractivity contribution in [2.75, 3.05) is 0 Å². The molecular formula is C23H24N2O4Si2. The number of hydrogen-bond acceptors (Lipinski definition) is 4. The minimum Gasteiger partial charge on any atom is -0.502 e. The largest absolute Gasteiger partial charge is 0.502 e. The summed E-state index contributed by atoms with van der Waals surface area (Å²) in [5, 5.41) is 9.56. The molecule has 0 aliphatic carbocycles. The molecule has 2 amide bonds. The van der Waals surface area contributed by atoms with Crippen LogP contribution in [-0.2, 0) is 8.85 Å². The fraction of sp³-hybridized carbons (Fsp3) is 0.130. The highest BCUT2D eigenvalue weighted by molar-refractivity contribution is 7.07. The number of amides is 2. The van der Waals surface area contributed by atoms with Crippen LogP contribution in [0.5, 0.6) is 0 Å². The molecule has 6 nitrogen and oxygen atoms in total. The van der Waals surface area contributed by atoms with E-state index in [0.29, 0.717) is 0 Å². The van der Waals surface area contributed by atoms with Crippen LogP contribution in [-0.4, -0.2) is 28.8 Å². The van der Waals surface area contributed by atoms with Crippen LogP contribution >= 0.6 is 0 Å². The molecule has 0 heterocycles. The SMILES string of the molecule is C[Si](C)(C)OC(=O)N=NC(=O)O[Si](c1ccccc1)(c1ccccc1)c1ccccc1. The van der Waals surface area contributed by atoms with Gasteiger partial charge in [-0.3, -0.25) is 0 Å². The Bertz CT molecular complexity index is 957. The Hall–Kier alpha value is -3.37. The molecule has 3 aromatic carbocycles. The highest BCUT2D eigenvalue weighted by Gasteiger charge is 2.45. The number of azo groups is 1. The summed E-state index contributed by atoms with van der Waals surface area (Å²) in [5.74, 6) is 0. The van der Waals surface area contributed by atoms with Gasteiger partial charge in [0, 0.05) is 0 Å². The van der Waals surface area contributed by atoms with Crippen molar-refractivity contribution in [2.24, 2.45) is 10.2 Å². The molecule has 0 atom stereocenters. The maximum absolute atomic E-state index is 12.8. The van der Waals surface area contributed by atoms with Crippen molar-refractivity contribution in [3.05, 3.63) is 91.0 Å². The lowest BCUT2D eigenvalue weighted by Gasteiger charge is -2.31. The Kier molecular flexibility index (Phi) is 6.93. The van der Waals surface area contributed by atoms with Crippen molar-refractivity contribution in [3.63, 3.8) is 0 Å². The van der Waals surface area contributed by atoms with Gasteiger partial charge in [-0.15, -0.1) is 0 Å². The first-order valence-corrected chi connectivity index (χ1v) is 15.2. The second-order valence-electron chi connectivity index (χ2n) is 7.83. The third-order valence-electron chi connectivity index (χ3n) is 4.39. The zero-order valence-electron chi connectivity index (χ0n) is 17.7. The Morgan fingerprint density at radius 2 is 0.903 bits per heavy atom. The lowest BCUT2D eigenvalue weighted by Crippen LogP contribution is -2.69. The van der Waals surface area contributed by atoms with Crippen LogP contribution in [0.1, 0.15) is 0 Å². The first kappa shape index (κ1) is 22.3. The monoisotopic (exact) mass is 448 g/mol. The molecular weight excluding hydrogens is 424 g/mol. The fourth-order valence-corrected chi connectivity index (χ4v) is 7.42. The third-order valence-corrected chi connectivity index (χ3v) is 9.10. The normalized spacial score (nSPS) is 11.8. The quantitative estimate of drug-likeness (QED) is 0.333. The molecule has 0 N–H and O–H groups in total. The summed E-state index contributed by atoms with van der Waals surface area (Å²) < 4.78 is 11.3. The summed E-state index contributed by atoms with van der Waals surface area (Å²) in [7, 11) is -5.40. The van der Waals surface area contributed by atoms with Gasteiger partial charge in [0.2, 0.25) is 8.32 Å². The van der Waals surface area contributed by atoms with Crippen molar-refractivity contribution >= 4 is 44.4 Å². The smallest absolute Gasteiger partial charge is 0.439 e. The van der Waals surface area contributed by atoms with E-state index in [4.69, 9.17) is 8.85 Å². The highest BCUT2D eigenvalue weighted by Crippen LogP contribution is 2.12. The molecule has 3 rings (SSSR count). The van der Waals surface area contributed by atoms with Crippen LogP contribution in [0.3, 0.4) is 0 Å². The molecule has 0 saturated heterocycles. The van der Waals surface area contributed by atoms with E-state index in [1.807, 2.05) is 111 Å². The van der Waals surface area contributed by atoms with Crippen LogP contribution in [0.15, 0.2) is 101 Å². The van der Waals surface area contributed by atoms with Crippen molar-refractivity contribution in [1.29, 1.82) is 0 Å². The van der Waals surface area contributed by atoms with Crippen LogP contribution < -0.4 is 15.6 Å². The maximum atomic E-state index is 12.8. The molecule has 0 fully saturated rings. The Balaban J connectivity index is 2.06. The molecule has 3 aromatic rings. The van der Waals surface area contributed by atoms with Crippen molar-refractivity contribution in [1.82, 2.24) is 0 Å². The zero-order chi connectivity index (χ0) is 22.3. The topological polar surface area (TPSA) is 77.3 Å². The van der Waals surface area contributed by atoms with E-state index >= 15 is 0 Å². The number of nitrogens with zero attached hydrogens (tertiary/aromatic N) is 2. The van der Waals surface area contributed by atoms with Gasteiger partial charge in [0.1, 0.15) is 0 Å². The molecule has 0 bridgehead atoms. The summed E-state index contributed by atoms with van der Waals surface area (Å²) >= 11 is 0. The predicted molar refractivity (Wildman–Crippen MR) is 125 cm³/mol. The number of rotatable bonds is 5. The highest BCUT2D eigenvalue weighted by atomic mass is 28.4. The molecule has 158 valence electrons. The van der Waals surface area contributed by atoms with Crippen molar-refractivity contribution in [3.8, 4) is 0 Å². The second kappa shape index (κ2) is 9.63. The Morgan fingerprint density at radius 1 is 0.581 bits per heavy atom. The lowest BCUT2D eigenvalue weighted by molar-refractivity contribution is 0.199. The Labute approximate surface area is 183 Å². The summed E-state index contributed by atoms with van der Waals surface area (Å²) in [6.07, 6.45) is -1.82. The van der Waals surface area contributed by atoms with Gasteiger partial charge in [0.25, 0.3) is 0 Å². The molecule has 0 aliphatic heterocycles. The van der Waals surface area contributed by atoms with E-state index in [9.17, 15) is 9.59 Å². The van der Waals surface area contributed by atoms with E-state index in [1.54, 1.807) is 0 Å². The van der Waals surface area contributed by atoms with E-state index < -0.39 is 28.8 Å². The van der Waals surface area contributed by atoms with Gasteiger partial charge in [0.05, 0.1) is 0 Å². The Morgan fingerprint density at radius 3 is 1.23 bits per heavy atom. The van der Waals surface area contributed by atoms with Crippen LogP contribution in [0, 0.1) is 0 Å². The van der Waals surface area contributed by atoms with Crippen LogP contribution in [0.25, 0.3) is 0 Å². The van der Waals surface area contributed by atoms with Gasteiger partial charge < -0.3 is 8.85 Å². The average Bonchev–Trinajstić information content (AvgIpc) is 2.77. The molecule has 0 aromatic heterocycles. The van der Waals surface area contributed by atoms with E-state index in [2.05, 4.69) is 10.2 Å². The number of hydrogen-bond donors (Lipinski definition) is 0. The summed E-state index contributed by atoms with van der Waals surface area (Å²) in [6.45, 7) is 5.53. The van der Waals surface area contributed by atoms with Crippen LogP contribution in [0.4, 0.5) is 9.59 Å². The first-order chi connectivity index (χ1) is 14.8. The van der Waals surface area contributed by atoms with E-state index in [0.717, 1.165) is 15.6 Å². The number of carbonyl (C=O) groups excluding carboxylic acids is 2. The summed E-state index contributed by atoms with van der Waals surface area (Å²) in [6, 6.07) is 28.8. The summed E-state index contributed by atoms with van der Waals surface area (Å²) in [5.41, 5.74) is 0. The molecule has 0 unspecified atom stereocenters. The van der Waals surface area contributed by atoms with Gasteiger partial charge in [-0.05, 0) is 35.2 Å². The molecule has 31 heavy (non-hydrogen) atoms. The number of benzene rings is 3. The third kappa shape index (κ3) is 5.62. The maximum Gasteiger partial charge on any atom is 0.439 e. The zero-order valence-corrected chi connectivity index (χ0v) is 19.7. The van der Waals surface area contributed by atoms with Crippen molar-refractivity contribution in [2.45, 2.75) is 19.6 Å². The minimum absolute atomic E-state index is 0.876. The lowest BCUT2D eigenvalue weighted by atomic mass is 10.3. The van der Waals surface area contributed by atoms with E-state index in [-0.39, 0.29) is 0 Å². The van der Waals surface area contributed by atoms with E-state index in [1.165, 1.54) is 0 Å². The fourth-order valence-electron chi connectivity index (χ4n) is 3.21. The van der Waals surface area contributed by atoms with Gasteiger partial charge in [-0.1, -0.05) is 101 Å². The molecule has 0 spiro atoms. The molecule has 8 heteroatoms. The standard InChI is InChI=1S/C23H24N2O4Si2/c1-30(2,3)28-22(26)24-25-23(27)29-31(19-13-7-4-8-14-19,20-15-9-5-10-16-20)21-17-11-6-12-18-21/h4-18H,1-3H3. The van der Waals surface area contributed by atoms with Crippen molar-refractivity contribution < 1.29 is 18.4 Å². The van der Waals surface area contributed by atoms with Gasteiger partial charge in [-0.2, -0.15) is 0 Å².